The van der Waals surface area contributed by atoms with E-state index < -0.39 is 0 Å². The van der Waals surface area contributed by atoms with E-state index in [9.17, 15) is 5.11 Å². The summed E-state index contributed by atoms with van der Waals surface area (Å²) < 4.78 is 5.36. The standard InChI is InChI=1S/C13H21NO2.ClH/c1-3-14-10-12(15)9-11-5-7-13(8-6-11)16-4-2;/h5-8,12,14-15H,3-4,9-10H2,1-2H3;1H. The number of aliphatic hydroxyl groups is 1. The first-order chi connectivity index (χ1) is 7.76. The zero-order valence-electron chi connectivity index (χ0n) is 10.5. The SMILES string of the molecule is CCNCC(O)Cc1ccc(OCC)cc1.Cl. The Bertz CT molecular complexity index is 290. The number of benzene rings is 1. The van der Waals surface area contributed by atoms with Gasteiger partial charge in [0.25, 0.3) is 0 Å². The number of rotatable bonds is 7. The Morgan fingerprint density at radius 3 is 2.41 bits per heavy atom. The van der Waals surface area contributed by atoms with Crippen LogP contribution in [0.25, 0.3) is 0 Å². The zero-order valence-corrected chi connectivity index (χ0v) is 11.3. The Labute approximate surface area is 110 Å². The van der Waals surface area contributed by atoms with Crippen molar-refractivity contribution in [3.05, 3.63) is 29.8 Å². The van der Waals surface area contributed by atoms with Gasteiger partial charge in [0.05, 0.1) is 12.7 Å². The van der Waals surface area contributed by atoms with E-state index in [1.54, 1.807) is 0 Å². The lowest BCUT2D eigenvalue weighted by molar-refractivity contribution is 0.172. The van der Waals surface area contributed by atoms with E-state index >= 15 is 0 Å². The largest absolute Gasteiger partial charge is 0.494 e. The van der Waals surface area contributed by atoms with Gasteiger partial charge >= 0.3 is 0 Å². The predicted molar refractivity (Wildman–Crippen MR) is 73.1 cm³/mol. The molecule has 0 saturated carbocycles. The smallest absolute Gasteiger partial charge is 0.119 e. The van der Waals surface area contributed by atoms with E-state index in [1.165, 1.54) is 0 Å². The molecule has 2 N–H and O–H groups in total. The van der Waals surface area contributed by atoms with Crippen LogP contribution in [0.5, 0.6) is 5.75 Å². The first-order valence-corrected chi connectivity index (χ1v) is 5.86. The van der Waals surface area contributed by atoms with Gasteiger partial charge < -0.3 is 15.2 Å². The maximum atomic E-state index is 9.71. The molecule has 0 fully saturated rings. The molecule has 0 aliphatic carbocycles. The Kier molecular flexibility index (Phi) is 8.86. The molecular formula is C13H22ClNO2. The number of hydrogen-bond donors (Lipinski definition) is 2. The van der Waals surface area contributed by atoms with Crippen LogP contribution >= 0.6 is 12.4 Å². The van der Waals surface area contributed by atoms with Crippen molar-refractivity contribution < 1.29 is 9.84 Å². The van der Waals surface area contributed by atoms with Crippen molar-refractivity contribution in [2.75, 3.05) is 19.7 Å². The molecule has 0 aromatic heterocycles. The van der Waals surface area contributed by atoms with Crippen LogP contribution in [-0.4, -0.2) is 30.9 Å². The molecule has 1 atom stereocenters. The fourth-order valence-electron chi connectivity index (χ4n) is 1.54. The van der Waals surface area contributed by atoms with Crippen LogP contribution < -0.4 is 10.1 Å². The predicted octanol–water partition coefficient (Wildman–Crippen LogP) is 2.02. The number of hydrogen-bond acceptors (Lipinski definition) is 3. The average molecular weight is 260 g/mol. The molecule has 1 aromatic rings. The molecule has 0 heterocycles. The third-order valence-corrected chi connectivity index (χ3v) is 2.34. The second-order valence-electron chi connectivity index (χ2n) is 3.74. The molecular weight excluding hydrogens is 238 g/mol. The summed E-state index contributed by atoms with van der Waals surface area (Å²) in [7, 11) is 0. The summed E-state index contributed by atoms with van der Waals surface area (Å²) in [5, 5.41) is 12.8. The van der Waals surface area contributed by atoms with E-state index in [4.69, 9.17) is 4.74 Å². The molecule has 3 nitrogen and oxygen atoms in total. The number of likely N-dealkylation sites (N-methyl/N-ethyl adjacent to an activating group) is 1. The molecule has 1 unspecified atom stereocenters. The van der Waals surface area contributed by atoms with Crippen molar-refractivity contribution in [2.45, 2.75) is 26.4 Å². The van der Waals surface area contributed by atoms with Crippen LogP contribution in [0.4, 0.5) is 0 Å². The second kappa shape index (κ2) is 9.28. The summed E-state index contributed by atoms with van der Waals surface area (Å²) in [5.74, 6) is 0.882. The van der Waals surface area contributed by atoms with Gasteiger partial charge in [-0.25, -0.2) is 0 Å². The molecule has 0 spiro atoms. The van der Waals surface area contributed by atoms with Gasteiger partial charge in [-0.1, -0.05) is 19.1 Å². The van der Waals surface area contributed by atoms with Gasteiger partial charge in [0, 0.05) is 6.54 Å². The molecule has 17 heavy (non-hydrogen) atoms. The van der Waals surface area contributed by atoms with Gasteiger partial charge in [0.2, 0.25) is 0 Å². The van der Waals surface area contributed by atoms with Gasteiger partial charge in [-0.05, 0) is 37.6 Å². The highest BCUT2D eigenvalue weighted by Crippen LogP contribution is 2.13. The Morgan fingerprint density at radius 1 is 1.24 bits per heavy atom. The first-order valence-electron chi connectivity index (χ1n) is 5.86. The van der Waals surface area contributed by atoms with Gasteiger partial charge in [0.1, 0.15) is 5.75 Å². The number of aliphatic hydroxyl groups excluding tert-OH is 1. The Balaban J connectivity index is 0.00000256. The maximum Gasteiger partial charge on any atom is 0.119 e. The van der Waals surface area contributed by atoms with Crippen molar-refractivity contribution in [2.24, 2.45) is 0 Å². The number of nitrogens with one attached hydrogen (secondary N) is 1. The minimum absolute atomic E-state index is 0. The van der Waals surface area contributed by atoms with E-state index in [0.29, 0.717) is 19.6 Å². The minimum atomic E-state index is -0.321. The van der Waals surface area contributed by atoms with Crippen molar-refractivity contribution in [3.63, 3.8) is 0 Å². The first kappa shape index (κ1) is 16.2. The molecule has 0 radical (unpaired) electrons. The molecule has 0 aliphatic heterocycles. The van der Waals surface area contributed by atoms with Crippen molar-refractivity contribution in [1.82, 2.24) is 5.32 Å². The van der Waals surface area contributed by atoms with Crippen molar-refractivity contribution in [3.8, 4) is 5.75 Å². The number of ether oxygens (including phenoxy) is 1. The van der Waals surface area contributed by atoms with E-state index in [2.05, 4.69) is 5.32 Å². The molecule has 4 heteroatoms. The molecule has 98 valence electrons. The van der Waals surface area contributed by atoms with Gasteiger partial charge in [0.15, 0.2) is 0 Å². The quantitative estimate of drug-likeness (QED) is 0.787. The van der Waals surface area contributed by atoms with Crippen molar-refractivity contribution >= 4 is 12.4 Å². The average Bonchev–Trinajstić information content (AvgIpc) is 2.29. The van der Waals surface area contributed by atoms with E-state index in [1.807, 2.05) is 38.1 Å². The molecule has 0 aliphatic rings. The molecule has 0 bridgehead atoms. The van der Waals surface area contributed by atoms with Crippen LogP contribution in [0, 0.1) is 0 Å². The lowest BCUT2D eigenvalue weighted by Gasteiger charge is -2.11. The third kappa shape index (κ3) is 6.51. The van der Waals surface area contributed by atoms with Gasteiger partial charge in [-0.2, -0.15) is 0 Å². The summed E-state index contributed by atoms with van der Waals surface area (Å²) in [4.78, 5) is 0. The van der Waals surface area contributed by atoms with Crippen LogP contribution in [0.2, 0.25) is 0 Å². The Hall–Kier alpha value is -0.770. The molecule has 1 rings (SSSR count). The highest BCUT2D eigenvalue weighted by Gasteiger charge is 2.04. The van der Waals surface area contributed by atoms with Crippen LogP contribution in [0.15, 0.2) is 24.3 Å². The fourth-order valence-corrected chi connectivity index (χ4v) is 1.54. The maximum absolute atomic E-state index is 9.71. The van der Waals surface area contributed by atoms with E-state index in [-0.39, 0.29) is 18.5 Å². The molecule has 0 amide bonds. The lowest BCUT2D eigenvalue weighted by atomic mass is 10.1. The van der Waals surface area contributed by atoms with Crippen LogP contribution in [0.3, 0.4) is 0 Å². The summed E-state index contributed by atoms with van der Waals surface area (Å²) >= 11 is 0. The topological polar surface area (TPSA) is 41.5 Å². The summed E-state index contributed by atoms with van der Waals surface area (Å²) in [6, 6.07) is 7.89. The monoisotopic (exact) mass is 259 g/mol. The van der Waals surface area contributed by atoms with E-state index in [0.717, 1.165) is 17.9 Å². The molecule has 0 saturated heterocycles. The number of halogens is 1. The second-order valence-corrected chi connectivity index (χ2v) is 3.74. The van der Waals surface area contributed by atoms with Crippen LogP contribution in [-0.2, 0) is 6.42 Å². The zero-order chi connectivity index (χ0) is 11.8. The highest BCUT2D eigenvalue weighted by atomic mass is 35.5. The fraction of sp³-hybridized carbons (Fsp3) is 0.538. The Morgan fingerprint density at radius 2 is 1.88 bits per heavy atom. The van der Waals surface area contributed by atoms with Gasteiger partial charge in [-0.3, -0.25) is 0 Å². The lowest BCUT2D eigenvalue weighted by Crippen LogP contribution is -2.28. The highest BCUT2D eigenvalue weighted by molar-refractivity contribution is 5.85. The summed E-state index contributed by atoms with van der Waals surface area (Å²) in [6.07, 6.45) is 0.359. The minimum Gasteiger partial charge on any atom is -0.494 e. The van der Waals surface area contributed by atoms with Crippen molar-refractivity contribution in [1.29, 1.82) is 0 Å². The molecule has 1 aromatic carbocycles. The third-order valence-electron chi connectivity index (χ3n) is 2.34. The van der Waals surface area contributed by atoms with Gasteiger partial charge in [-0.15, -0.1) is 12.4 Å². The summed E-state index contributed by atoms with van der Waals surface area (Å²) in [5.41, 5.74) is 1.13. The normalized spacial score (nSPS) is 11.7. The summed E-state index contributed by atoms with van der Waals surface area (Å²) in [6.45, 7) is 6.21. The van der Waals surface area contributed by atoms with Crippen LogP contribution in [0.1, 0.15) is 19.4 Å².